The first-order valence-corrected chi connectivity index (χ1v) is 12.8. The lowest BCUT2D eigenvalue weighted by Crippen LogP contribution is -2.40. The van der Waals surface area contributed by atoms with Gasteiger partial charge in [0.1, 0.15) is 0 Å². The third-order valence-electron chi connectivity index (χ3n) is 5.10. The Morgan fingerprint density at radius 2 is 1.87 bits per heavy atom. The molecule has 1 aliphatic heterocycles. The van der Waals surface area contributed by atoms with Crippen molar-refractivity contribution in [3.63, 3.8) is 0 Å². The number of aryl methyl sites for hydroxylation is 1. The maximum atomic E-state index is 13.0. The zero-order valence-electron chi connectivity index (χ0n) is 18.1. The van der Waals surface area contributed by atoms with Crippen molar-refractivity contribution in [3.05, 3.63) is 47.3 Å². The quantitative estimate of drug-likeness (QED) is 0.574. The monoisotopic (exact) mass is 450 g/mol. The van der Waals surface area contributed by atoms with Crippen LogP contribution in [0.15, 0.2) is 35.2 Å². The summed E-state index contributed by atoms with van der Waals surface area (Å²) in [6.45, 7) is 9.68. The van der Waals surface area contributed by atoms with Crippen LogP contribution in [0, 0.1) is 19.8 Å². The van der Waals surface area contributed by atoms with Gasteiger partial charge in [0.05, 0.1) is 23.9 Å². The van der Waals surface area contributed by atoms with E-state index in [0.29, 0.717) is 43.5 Å². The van der Waals surface area contributed by atoms with Crippen LogP contribution in [0.2, 0.25) is 0 Å². The van der Waals surface area contributed by atoms with Crippen LogP contribution in [0.5, 0.6) is 0 Å². The second-order valence-corrected chi connectivity index (χ2v) is 10.9. The van der Waals surface area contributed by atoms with E-state index in [1.807, 2.05) is 30.5 Å². The molecule has 1 aliphatic rings. The van der Waals surface area contributed by atoms with Crippen LogP contribution in [0.1, 0.15) is 35.6 Å². The zero-order chi connectivity index (χ0) is 21.9. The number of ether oxygens (including phenoxy) is 1. The predicted octanol–water partition coefficient (Wildman–Crippen LogP) is 3.69. The van der Waals surface area contributed by atoms with E-state index in [0.717, 1.165) is 22.8 Å². The Morgan fingerprint density at radius 3 is 2.53 bits per heavy atom. The fourth-order valence-corrected chi connectivity index (χ4v) is 6.00. The molecule has 0 spiro atoms. The third-order valence-corrected chi connectivity index (χ3v) is 8.36. The number of hydrogen-bond acceptors (Lipinski definition) is 5. The highest BCUT2D eigenvalue weighted by atomic mass is 32.2. The van der Waals surface area contributed by atoms with Crippen LogP contribution in [-0.4, -0.2) is 60.9 Å². The van der Waals surface area contributed by atoms with E-state index >= 15 is 0 Å². The number of Topliss-reactive ketones (excluding diaryl/α,β-unsaturated/α-hetero) is 1. The van der Waals surface area contributed by atoms with Gasteiger partial charge in [0.15, 0.2) is 5.78 Å². The highest BCUT2D eigenvalue weighted by Crippen LogP contribution is 2.25. The Labute approximate surface area is 183 Å². The minimum absolute atomic E-state index is 0.108. The zero-order valence-corrected chi connectivity index (χ0v) is 19.7. The number of ketones is 1. The van der Waals surface area contributed by atoms with E-state index in [2.05, 4.69) is 13.8 Å². The second kappa shape index (κ2) is 9.68. The molecular weight excluding hydrogens is 420 g/mol. The van der Waals surface area contributed by atoms with Crippen molar-refractivity contribution in [1.29, 1.82) is 0 Å². The van der Waals surface area contributed by atoms with Gasteiger partial charge in [0.25, 0.3) is 0 Å². The van der Waals surface area contributed by atoms with Gasteiger partial charge < -0.3 is 9.30 Å². The van der Waals surface area contributed by atoms with Crippen LogP contribution in [0.3, 0.4) is 0 Å². The topological polar surface area (TPSA) is 68.6 Å². The van der Waals surface area contributed by atoms with Gasteiger partial charge in [-0.3, -0.25) is 4.79 Å². The van der Waals surface area contributed by atoms with Crippen molar-refractivity contribution in [1.82, 2.24) is 8.87 Å². The molecule has 0 aliphatic carbocycles. The molecule has 0 N–H and O–H groups in total. The van der Waals surface area contributed by atoms with E-state index in [-0.39, 0.29) is 10.7 Å². The minimum Gasteiger partial charge on any atom is -0.379 e. The first kappa shape index (κ1) is 23.1. The molecule has 0 atom stereocenters. The summed E-state index contributed by atoms with van der Waals surface area (Å²) in [4.78, 5) is 13.0. The molecule has 1 saturated heterocycles. The van der Waals surface area contributed by atoms with Gasteiger partial charge >= 0.3 is 0 Å². The van der Waals surface area contributed by atoms with E-state index in [4.69, 9.17) is 4.74 Å². The van der Waals surface area contributed by atoms with Crippen LogP contribution < -0.4 is 0 Å². The Morgan fingerprint density at radius 1 is 1.17 bits per heavy atom. The molecule has 2 heterocycles. The number of carbonyl (C=O) groups is 1. The fraction of sp³-hybridized carbons (Fsp3) is 0.500. The molecule has 0 bridgehead atoms. The summed E-state index contributed by atoms with van der Waals surface area (Å²) in [5, 5.41) is 0. The molecule has 30 heavy (non-hydrogen) atoms. The molecule has 1 fully saturated rings. The molecule has 3 rings (SSSR count). The molecule has 164 valence electrons. The Kier molecular flexibility index (Phi) is 7.44. The summed E-state index contributed by atoms with van der Waals surface area (Å²) in [7, 11) is -3.58. The highest BCUT2D eigenvalue weighted by Gasteiger charge is 2.27. The Hall–Kier alpha value is -1.61. The average molecular weight is 451 g/mol. The molecule has 6 nitrogen and oxygen atoms in total. The third kappa shape index (κ3) is 4.99. The van der Waals surface area contributed by atoms with Gasteiger partial charge in [0.2, 0.25) is 10.0 Å². The van der Waals surface area contributed by atoms with E-state index in [1.54, 1.807) is 30.0 Å². The number of sulfonamides is 1. The van der Waals surface area contributed by atoms with Gasteiger partial charge in [-0.25, -0.2) is 8.42 Å². The molecule has 0 unspecified atom stereocenters. The molecule has 8 heteroatoms. The first-order chi connectivity index (χ1) is 14.2. The predicted molar refractivity (Wildman–Crippen MR) is 121 cm³/mol. The molecule has 0 amide bonds. The van der Waals surface area contributed by atoms with E-state index < -0.39 is 10.0 Å². The van der Waals surface area contributed by atoms with Crippen LogP contribution in [-0.2, 0) is 14.8 Å². The van der Waals surface area contributed by atoms with Crippen LogP contribution in [0.25, 0.3) is 5.69 Å². The molecule has 0 saturated carbocycles. The smallest absolute Gasteiger partial charge is 0.243 e. The van der Waals surface area contributed by atoms with Crippen molar-refractivity contribution >= 4 is 27.6 Å². The maximum Gasteiger partial charge on any atom is 0.243 e. The summed E-state index contributed by atoms with van der Waals surface area (Å²) in [5.74, 6) is 2.06. The van der Waals surface area contributed by atoms with Gasteiger partial charge in [-0.05, 0) is 49.8 Å². The number of nitrogens with zero attached hydrogens (tertiary/aromatic N) is 2. The van der Waals surface area contributed by atoms with Gasteiger partial charge in [0, 0.05) is 35.7 Å². The second-order valence-electron chi connectivity index (χ2n) is 7.97. The van der Waals surface area contributed by atoms with Gasteiger partial charge in [-0.1, -0.05) is 19.9 Å². The van der Waals surface area contributed by atoms with Gasteiger partial charge in [-0.15, -0.1) is 0 Å². The SMILES string of the molecule is Cc1cc(C(=O)CSCC(C)C)c(C)n1-c1cccc(S(=O)(=O)N2CCOCC2)c1. The van der Waals surface area contributed by atoms with Crippen molar-refractivity contribution in [2.24, 2.45) is 5.92 Å². The highest BCUT2D eigenvalue weighted by molar-refractivity contribution is 7.99. The normalized spacial score (nSPS) is 15.6. The van der Waals surface area contributed by atoms with Crippen molar-refractivity contribution in [3.8, 4) is 5.69 Å². The molecule has 1 aromatic carbocycles. The summed E-state index contributed by atoms with van der Waals surface area (Å²) < 4.78 is 34.8. The number of benzene rings is 1. The van der Waals surface area contributed by atoms with Crippen LogP contribution >= 0.6 is 11.8 Å². The number of rotatable bonds is 8. The lowest BCUT2D eigenvalue weighted by atomic mass is 10.2. The van der Waals surface area contributed by atoms with E-state index in [1.165, 1.54) is 4.31 Å². The number of carbonyl (C=O) groups excluding carboxylic acids is 1. The summed E-state index contributed by atoms with van der Waals surface area (Å²) in [5.41, 5.74) is 3.19. The summed E-state index contributed by atoms with van der Waals surface area (Å²) in [6.07, 6.45) is 0. The average Bonchev–Trinajstić information content (AvgIpc) is 3.02. The Bertz CT molecular complexity index is 1010. The summed E-state index contributed by atoms with van der Waals surface area (Å²) in [6, 6.07) is 8.84. The first-order valence-electron chi connectivity index (χ1n) is 10.2. The van der Waals surface area contributed by atoms with Crippen molar-refractivity contribution < 1.29 is 17.9 Å². The largest absolute Gasteiger partial charge is 0.379 e. The number of morpholine rings is 1. The minimum atomic E-state index is -3.58. The number of hydrogen-bond donors (Lipinski definition) is 0. The number of aromatic nitrogens is 1. The number of thioether (sulfide) groups is 1. The standard InChI is InChI=1S/C22H30N2O4S2/c1-16(2)14-29-15-22(25)21-12-17(3)24(18(21)4)19-6-5-7-20(13-19)30(26,27)23-8-10-28-11-9-23/h5-7,12-13,16H,8-11,14-15H2,1-4H3. The van der Waals surface area contributed by atoms with Crippen molar-refractivity contribution in [2.45, 2.75) is 32.6 Å². The van der Waals surface area contributed by atoms with E-state index in [9.17, 15) is 13.2 Å². The lowest BCUT2D eigenvalue weighted by Gasteiger charge is -2.26. The van der Waals surface area contributed by atoms with Crippen LogP contribution in [0.4, 0.5) is 0 Å². The molecule has 1 aromatic heterocycles. The van der Waals surface area contributed by atoms with Gasteiger partial charge in [-0.2, -0.15) is 16.1 Å². The molecule has 2 aromatic rings. The maximum absolute atomic E-state index is 13.0. The fourth-order valence-electron chi connectivity index (χ4n) is 3.63. The Balaban J connectivity index is 1.89. The molecule has 0 radical (unpaired) electrons. The lowest BCUT2D eigenvalue weighted by molar-refractivity contribution is 0.0730. The summed E-state index contributed by atoms with van der Waals surface area (Å²) >= 11 is 1.65. The molecular formula is C22H30N2O4S2. The van der Waals surface area contributed by atoms with Crippen molar-refractivity contribution in [2.75, 3.05) is 37.8 Å².